The van der Waals surface area contributed by atoms with E-state index in [0.29, 0.717) is 0 Å². The summed E-state index contributed by atoms with van der Waals surface area (Å²) in [5, 5.41) is 4.77. The molecule has 272 valence electrons. The molecule has 0 radical (unpaired) electrons. The highest BCUT2D eigenvalue weighted by Gasteiger charge is 2.22. The zero-order valence-electron chi connectivity index (χ0n) is 31.7. The molecule has 0 N–H and O–H groups in total. The molecule has 58 heavy (non-hydrogen) atoms. The van der Waals surface area contributed by atoms with Gasteiger partial charge in [0, 0.05) is 27.9 Å². The Hall–Kier alpha value is -7.68. The van der Waals surface area contributed by atoms with Gasteiger partial charge in [-0.2, -0.15) is 0 Å². The first-order chi connectivity index (χ1) is 28.7. The van der Waals surface area contributed by atoms with Gasteiger partial charge in [0.2, 0.25) is 0 Å². The maximum Gasteiger partial charge on any atom is 0.135 e. The Bertz CT molecular complexity index is 3120. The van der Waals surface area contributed by atoms with Gasteiger partial charge in [0.25, 0.3) is 0 Å². The van der Waals surface area contributed by atoms with Crippen LogP contribution in [0.5, 0.6) is 11.5 Å². The summed E-state index contributed by atoms with van der Waals surface area (Å²) in [6.07, 6.45) is 0. The van der Waals surface area contributed by atoms with E-state index in [1.54, 1.807) is 0 Å². The van der Waals surface area contributed by atoms with E-state index < -0.39 is 0 Å². The Labute approximate surface area is 338 Å². The van der Waals surface area contributed by atoms with Crippen molar-refractivity contribution in [3.05, 3.63) is 224 Å². The number of hydrogen-bond acceptors (Lipinski definition) is 2. The highest BCUT2D eigenvalue weighted by Crippen LogP contribution is 2.49. The largest absolute Gasteiger partial charge is 0.456 e. The number of hydrogen-bond donors (Lipinski definition) is 0. The fourth-order valence-electron chi connectivity index (χ4n) is 8.65. The van der Waals surface area contributed by atoms with Gasteiger partial charge in [-0.25, -0.2) is 0 Å². The highest BCUT2D eigenvalue weighted by molar-refractivity contribution is 6.07. The van der Waals surface area contributed by atoms with Crippen LogP contribution < -0.4 is 9.64 Å². The van der Waals surface area contributed by atoms with Gasteiger partial charge in [-0.05, 0) is 115 Å². The van der Waals surface area contributed by atoms with Gasteiger partial charge in [0.1, 0.15) is 11.5 Å². The molecule has 10 aromatic rings. The summed E-state index contributed by atoms with van der Waals surface area (Å²) < 4.78 is 6.37. The smallest absolute Gasteiger partial charge is 0.135 e. The Morgan fingerprint density at radius 1 is 0.293 bits per heavy atom. The third-order valence-electron chi connectivity index (χ3n) is 11.4. The van der Waals surface area contributed by atoms with Crippen LogP contribution in [0.1, 0.15) is 0 Å². The molecule has 1 aliphatic heterocycles. The van der Waals surface area contributed by atoms with Crippen LogP contribution in [0.3, 0.4) is 0 Å². The number of nitrogens with zero attached hydrogens (tertiary/aromatic N) is 1. The topological polar surface area (TPSA) is 12.5 Å². The van der Waals surface area contributed by atoms with E-state index in [2.05, 4.69) is 223 Å². The van der Waals surface area contributed by atoms with Crippen molar-refractivity contribution in [1.82, 2.24) is 0 Å². The Morgan fingerprint density at radius 3 is 1.69 bits per heavy atom. The molecular formula is C56H37NO. The van der Waals surface area contributed by atoms with Gasteiger partial charge in [-0.1, -0.05) is 170 Å². The van der Waals surface area contributed by atoms with Gasteiger partial charge < -0.3 is 9.64 Å². The monoisotopic (exact) mass is 739 g/mol. The van der Waals surface area contributed by atoms with Crippen LogP contribution in [-0.4, -0.2) is 0 Å². The Kier molecular flexibility index (Phi) is 8.19. The second kappa shape index (κ2) is 14.1. The van der Waals surface area contributed by atoms with Gasteiger partial charge >= 0.3 is 0 Å². The minimum absolute atomic E-state index is 0.889. The molecule has 10 aromatic carbocycles. The van der Waals surface area contributed by atoms with Crippen molar-refractivity contribution >= 4 is 38.6 Å². The van der Waals surface area contributed by atoms with Crippen molar-refractivity contribution in [2.75, 3.05) is 4.90 Å². The molecule has 0 aliphatic carbocycles. The standard InChI is InChI=1S/C56H37NO/c1-2-13-38(14-3-1)39-27-29-40(30-28-39)41-31-33-46(34-32-41)57(53-24-8-6-21-50(53)49-23-11-16-42-15-4-5-20-48(42)49)47-19-10-17-43(36-47)45-35-44-18-12-26-55-56(44)52(37-45)51-22-7-9-25-54(51)58-55/h1-37H. The molecule has 0 amide bonds. The molecule has 0 unspecified atom stereocenters. The minimum atomic E-state index is 0.889. The van der Waals surface area contributed by atoms with Crippen LogP contribution in [0.25, 0.3) is 77.2 Å². The fourth-order valence-corrected chi connectivity index (χ4v) is 8.65. The third kappa shape index (κ3) is 5.91. The van der Waals surface area contributed by atoms with Crippen molar-refractivity contribution in [1.29, 1.82) is 0 Å². The van der Waals surface area contributed by atoms with E-state index in [4.69, 9.17) is 4.74 Å². The molecule has 11 rings (SSSR count). The van der Waals surface area contributed by atoms with E-state index in [1.807, 2.05) is 6.07 Å². The molecule has 0 bridgehead atoms. The average molecular weight is 740 g/mol. The summed E-state index contributed by atoms with van der Waals surface area (Å²) >= 11 is 0. The van der Waals surface area contributed by atoms with Gasteiger partial charge in [0.05, 0.1) is 5.69 Å². The van der Waals surface area contributed by atoms with Crippen molar-refractivity contribution < 1.29 is 4.74 Å². The summed E-state index contributed by atoms with van der Waals surface area (Å²) in [7, 11) is 0. The molecule has 0 fully saturated rings. The maximum absolute atomic E-state index is 6.37. The number of fused-ring (bicyclic) bond motifs is 3. The lowest BCUT2D eigenvalue weighted by Gasteiger charge is -2.29. The molecule has 2 heteroatoms. The van der Waals surface area contributed by atoms with Crippen LogP contribution in [0.15, 0.2) is 224 Å². The van der Waals surface area contributed by atoms with Crippen molar-refractivity contribution in [3.63, 3.8) is 0 Å². The molecule has 1 heterocycles. The molecule has 0 saturated carbocycles. The number of anilines is 3. The third-order valence-corrected chi connectivity index (χ3v) is 11.4. The lowest BCUT2D eigenvalue weighted by Crippen LogP contribution is -2.11. The summed E-state index contributed by atoms with van der Waals surface area (Å²) in [6.45, 7) is 0. The number of rotatable bonds is 7. The van der Waals surface area contributed by atoms with Gasteiger partial charge in [0.15, 0.2) is 0 Å². The first kappa shape index (κ1) is 33.6. The van der Waals surface area contributed by atoms with Crippen molar-refractivity contribution in [2.45, 2.75) is 0 Å². The van der Waals surface area contributed by atoms with E-state index in [1.165, 1.54) is 49.7 Å². The van der Waals surface area contributed by atoms with Crippen LogP contribution in [0.2, 0.25) is 0 Å². The first-order valence-electron chi connectivity index (χ1n) is 19.8. The number of para-hydroxylation sites is 2. The molecular weight excluding hydrogens is 703 g/mol. The number of benzene rings is 10. The normalized spacial score (nSPS) is 11.6. The highest BCUT2D eigenvalue weighted by atomic mass is 16.5. The maximum atomic E-state index is 6.37. The van der Waals surface area contributed by atoms with Gasteiger partial charge in [-0.15, -0.1) is 0 Å². The van der Waals surface area contributed by atoms with Crippen LogP contribution in [0, 0.1) is 0 Å². The van der Waals surface area contributed by atoms with Crippen LogP contribution in [0.4, 0.5) is 17.1 Å². The minimum Gasteiger partial charge on any atom is -0.456 e. The first-order valence-corrected chi connectivity index (χ1v) is 19.8. The van der Waals surface area contributed by atoms with Crippen molar-refractivity contribution in [3.8, 4) is 67.1 Å². The number of ether oxygens (including phenoxy) is 1. The van der Waals surface area contributed by atoms with Crippen molar-refractivity contribution in [2.24, 2.45) is 0 Å². The van der Waals surface area contributed by atoms with E-state index >= 15 is 0 Å². The second-order valence-corrected chi connectivity index (χ2v) is 14.9. The molecule has 2 nitrogen and oxygen atoms in total. The van der Waals surface area contributed by atoms with E-state index in [0.717, 1.165) is 56.0 Å². The second-order valence-electron chi connectivity index (χ2n) is 14.9. The molecule has 1 aliphatic rings. The fraction of sp³-hybridized carbons (Fsp3) is 0. The predicted molar refractivity (Wildman–Crippen MR) is 243 cm³/mol. The molecule has 0 atom stereocenters. The van der Waals surface area contributed by atoms with Gasteiger partial charge in [-0.3, -0.25) is 0 Å². The summed E-state index contributed by atoms with van der Waals surface area (Å²) in [6, 6.07) is 80.8. The summed E-state index contributed by atoms with van der Waals surface area (Å²) in [5.41, 5.74) is 15.1. The Balaban J connectivity index is 1.05. The Morgan fingerprint density at radius 2 is 0.862 bits per heavy atom. The lowest BCUT2D eigenvalue weighted by atomic mass is 9.90. The zero-order chi connectivity index (χ0) is 38.4. The van der Waals surface area contributed by atoms with Crippen LogP contribution in [-0.2, 0) is 0 Å². The average Bonchev–Trinajstić information content (AvgIpc) is 3.30. The predicted octanol–water partition coefficient (Wildman–Crippen LogP) is 15.9. The SMILES string of the molecule is c1ccc(-c2ccc(-c3ccc(N(c4cccc(-c5cc6c7c(cccc7c5)Oc5ccccc5-6)c4)c4ccccc4-c4cccc5ccccc45)cc3)cc2)cc1. The summed E-state index contributed by atoms with van der Waals surface area (Å²) in [4.78, 5) is 2.41. The quantitative estimate of drug-likeness (QED) is 0.161. The van der Waals surface area contributed by atoms with E-state index in [9.17, 15) is 0 Å². The summed E-state index contributed by atoms with van der Waals surface area (Å²) in [5.74, 6) is 1.79. The lowest BCUT2D eigenvalue weighted by molar-refractivity contribution is 0.487. The molecule has 0 saturated heterocycles. The van der Waals surface area contributed by atoms with E-state index in [-0.39, 0.29) is 0 Å². The van der Waals surface area contributed by atoms with Crippen LogP contribution >= 0.6 is 0 Å². The molecule has 0 aromatic heterocycles. The molecule has 0 spiro atoms. The zero-order valence-corrected chi connectivity index (χ0v) is 31.7.